The molecule has 0 saturated heterocycles. The van der Waals surface area contributed by atoms with E-state index in [0.29, 0.717) is 24.5 Å². The van der Waals surface area contributed by atoms with Crippen LogP contribution in [0.3, 0.4) is 0 Å². The molecule has 0 amide bonds. The fraction of sp³-hybridized carbons (Fsp3) is 0.235. The molecule has 0 saturated carbocycles. The SMILES string of the molecule is COc1ccccc1OCCCOc1cccc(C=O)c1. The number of ether oxygens (including phenoxy) is 3. The lowest BCUT2D eigenvalue weighted by Crippen LogP contribution is -2.05. The molecular formula is C17H18O4. The molecule has 0 radical (unpaired) electrons. The minimum Gasteiger partial charge on any atom is -0.493 e. The van der Waals surface area contributed by atoms with Gasteiger partial charge in [0.2, 0.25) is 0 Å². The fourth-order valence-electron chi connectivity index (χ4n) is 1.85. The van der Waals surface area contributed by atoms with E-state index in [2.05, 4.69) is 0 Å². The first-order valence-electron chi connectivity index (χ1n) is 6.77. The molecule has 0 heterocycles. The van der Waals surface area contributed by atoms with Gasteiger partial charge in [0.1, 0.15) is 12.0 Å². The lowest BCUT2D eigenvalue weighted by molar-refractivity contribution is 0.112. The zero-order valence-corrected chi connectivity index (χ0v) is 12.0. The summed E-state index contributed by atoms with van der Waals surface area (Å²) in [6.45, 7) is 1.06. The van der Waals surface area contributed by atoms with Crippen molar-refractivity contribution < 1.29 is 19.0 Å². The number of aldehydes is 1. The molecule has 21 heavy (non-hydrogen) atoms. The summed E-state index contributed by atoms with van der Waals surface area (Å²) < 4.78 is 16.4. The molecule has 2 aromatic rings. The lowest BCUT2D eigenvalue weighted by atomic mass is 10.2. The predicted octanol–water partition coefficient (Wildman–Crippen LogP) is 3.36. The van der Waals surface area contributed by atoms with Crippen molar-refractivity contribution in [1.82, 2.24) is 0 Å². The molecule has 0 bridgehead atoms. The first-order valence-corrected chi connectivity index (χ1v) is 6.77. The van der Waals surface area contributed by atoms with Gasteiger partial charge in [0.25, 0.3) is 0 Å². The summed E-state index contributed by atoms with van der Waals surface area (Å²) in [6.07, 6.45) is 1.54. The molecule has 0 spiro atoms. The smallest absolute Gasteiger partial charge is 0.161 e. The Labute approximate surface area is 124 Å². The van der Waals surface area contributed by atoms with Crippen LogP contribution in [0.2, 0.25) is 0 Å². The number of para-hydroxylation sites is 2. The highest BCUT2D eigenvalue weighted by molar-refractivity contribution is 5.75. The molecule has 2 aromatic carbocycles. The second-order valence-corrected chi connectivity index (χ2v) is 4.39. The van der Waals surface area contributed by atoms with Gasteiger partial charge in [-0.3, -0.25) is 4.79 Å². The van der Waals surface area contributed by atoms with Gasteiger partial charge in [0.15, 0.2) is 11.5 Å². The van der Waals surface area contributed by atoms with Crippen LogP contribution >= 0.6 is 0 Å². The summed E-state index contributed by atoms with van der Waals surface area (Å²) in [4.78, 5) is 10.7. The highest BCUT2D eigenvalue weighted by Crippen LogP contribution is 2.25. The summed E-state index contributed by atoms with van der Waals surface area (Å²) in [5.74, 6) is 2.14. The molecule has 2 rings (SSSR count). The maximum absolute atomic E-state index is 10.7. The van der Waals surface area contributed by atoms with Crippen LogP contribution in [-0.4, -0.2) is 26.6 Å². The van der Waals surface area contributed by atoms with Crippen molar-refractivity contribution in [2.75, 3.05) is 20.3 Å². The number of carbonyl (C=O) groups excluding carboxylic acids is 1. The van der Waals surface area contributed by atoms with Crippen LogP contribution in [0.4, 0.5) is 0 Å². The first-order chi connectivity index (χ1) is 10.3. The van der Waals surface area contributed by atoms with Gasteiger partial charge in [-0.25, -0.2) is 0 Å². The van der Waals surface area contributed by atoms with Crippen molar-refractivity contribution in [2.24, 2.45) is 0 Å². The van der Waals surface area contributed by atoms with Crippen LogP contribution in [0, 0.1) is 0 Å². The summed E-state index contributed by atoms with van der Waals surface area (Å²) in [5.41, 5.74) is 0.609. The molecule has 0 aliphatic carbocycles. The van der Waals surface area contributed by atoms with Gasteiger partial charge in [-0.1, -0.05) is 24.3 Å². The Kier molecular flexibility index (Phi) is 5.64. The van der Waals surface area contributed by atoms with E-state index >= 15 is 0 Å². The Morgan fingerprint density at radius 1 is 0.952 bits per heavy atom. The van der Waals surface area contributed by atoms with Gasteiger partial charge in [-0.15, -0.1) is 0 Å². The molecule has 0 aliphatic rings. The molecule has 4 nitrogen and oxygen atoms in total. The number of carbonyl (C=O) groups is 1. The summed E-state index contributed by atoms with van der Waals surface area (Å²) in [5, 5.41) is 0. The molecule has 0 N–H and O–H groups in total. The standard InChI is InChI=1S/C17H18O4/c1-19-16-8-2-3-9-17(16)21-11-5-10-20-15-7-4-6-14(12-15)13-18/h2-4,6-9,12-13H,5,10-11H2,1H3. The molecular weight excluding hydrogens is 268 g/mol. The molecule has 0 aromatic heterocycles. The predicted molar refractivity (Wildman–Crippen MR) is 80.4 cm³/mol. The Hall–Kier alpha value is -2.49. The van der Waals surface area contributed by atoms with E-state index in [4.69, 9.17) is 14.2 Å². The summed E-state index contributed by atoms with van der Waals surface area (Å²) in [7, 11) is 1.62. The van der Waals surface area contributed by atoms with E-state index in [9.17, 15) is 4.79 Å². The third-order valence-electron chi connectivity index (χ3n) is 2.88. The molecule has 110 valence electrons. The number of rotatable bonds is 8. The van der Waals surface area contributed by atoms with Crippen LogP contribution in [0.25, 0.3) is 0 Å². The molecule has 4 heteroatoms. The van der Waals surface area contributed by atoms with Gasteiger partial charge in [0, 0.05) is 12.0 Å². The maximum Gasteiger partial charge on any atom is 0.161 e. The van der Waals surface area contributed by atoms with Crippen molar-refractivity contribution in [2.45, 2.75) is 6.42 Å². The van der Waals surface area contributed by atoms with Crippen LogP contribution in [0.1, 0.15) is 16.8 Å². The Morgan fingerprint density at radius 3 is 2.48 bits per heavy atom. The van der Waals surface area contributed by atoms with Crippen molar-refractivity contribution in [3.05, 3.63) is 54.1 Å². The van der Waals surface area contributed by atoms with Gasteiger partial charge in [-0.05, 0) is 24.3 Å². The zero-order chi connectivity index (χ0) is 14.9. The second kappa shape index (κ2) is 7.94. The largest absolute Gasteiger partial charge is 0.493 e. The highest BCUT2D eigenvalue weighted by Gasteiger charge is 2.02. The topological polar surface area (TPSA) is 44.8 Å². The fourth-order valence-corrected chi connectivity index (χ4v) is 1.85. The van der Waals surface area contributed by atoms with Gasteiger partial charge >= 0.3 is 0 Å². The molecule has 0 aliphatic heterocycles. The average molecular weight is 286 g/mol. The number of hydrogen-bond acceptors (Lipinski definition) is 4. The molecule has 0 fully saturated rings. The number of methoxy groups -OCH3 is 1. The van der Waals surface area contributed by atoms with Crippen molar-refractivity contribution >= 4 is 6.29 Å². The zero-order valence-electron chi connectivity index (χ0n) is 12.0. The Morgan fingerprint density at radius 2 is 1.71 bits per heavy atom. The highest BCUT2D eigenvalue weighted by atomic mass is 16.5. The van der Waals surface area contributed by atoms with Crippen molar-refractivity contribution in [3.8, 4) is 17.2 Å². The first kappa shape index (κ1) is 14.9. The van der Waals surface area contributed by atoms with Gasteiger partial charge in [0.05, 0.1) is 20.3 Å². The van der Waals surface area contributed by atoms with Crippen molar-refractivity contribution in [3.63, 3.8) is 0 Å². The number of benzene rings is 2. The van der Waals surface area contributed by atoms with E-state index in [1.165, 1.54) is 0 Å². The monoisotopic (exact) mass is 286 g/mol. The van der Waals surface area contributed by atoms with Crippen LogP contribution < -0.4 is 14.2 Å². The van der Waals surface area contributed by atoms with Gasteiger partial charge < -0.3 is 14.2 Å². The Bertz CT molecular complexity index is 581. The number of hydrogen-bond donors (Lipinski definition) is 0. The second-order valence-electron chi connectivity index (χ2n) is 4.39. The van der Waals surface area contributed by atoms with Crippen LogP contribution in [0.15, 0.2) is 48.5 Å². The summed E-state index contributed by atoms with van der Waals surface area (Å²) >= 11 is 0. The Balaban J connectivity index is 1.73. The quantitative estimate of drug-likeness (QED) is 0.551. The van der Waals surface area contributed by atoms with E-state index in [1.54, 1.807) is 25.3 Å². The molecule has 0 unspecified atom stereocenters. The van der Waals surface area contributed by atoms with Crippen LogP contribution in [-0.2, 0) is 0 Å². The average Bonchev–Trinajstić information content (AvgIpc) is 2.55. The maximum atomic E-state index is 10.7. The molecule has 0 atom stereocenters. The normalized spacial score (nSPS) is 9.95. The minimum absolute atomic E-state index is 0.525. The van der Waals surface area contributed by atoms with Crippen molar-refractivity contribution in [1.29, 1.82) is 0 Å². The minimum atomic E-state index is 0.525. The third-order valence-corrected chi connectivity index (χ3v) is 2.88. The van der Waals surface area contributed by atoms with E-state index in [0.717, 1.165) is 24.2 Å². The van der Waals surface area contributed by atoms with Crippen LogP contribution in [0.5, 0.6) is 17.2 Å². The van der Waals surface area contributed by atoms with E-state index in [1.807, 2.05) is 30.3 Å². The third kappa shape index (κ3) is 4.53. The lowest BCUT2D eigenvalue weighted by Gasteiger charge is -2.10. The van der Waals surface area contributed by atoms with Gasteiger partial charge in [-0.2, -0.15) is 0 Å². The van der Waals surface area contributed by atoms with E-state index < -0.39 is 0 Å². The van der Waals surface area contributed by atoms with E-state index in [-0.39, 0.29) is 0 Å². The summed E-state index contributed by atoms with van der Waals surface area (Å²) in [6, 6.07) is 14.6.